The van der Waals surface area contributed by atoms with Crippen molar-refractivity contribution in [2.24, 2.45) is 0 Å². The van der Waals surface area contributed by atoms with Gasteiger partial charge in [-0.15, -0.1) is 0 Å². The van der Waals surface area contributed by atoms with Gasteiger partial charge in [-0.3, -0.25) is 4.79 Å². The van der Waals surface area contributed by atoms with Crippen molar-refractivity contribution in [3.05, 3.63) is 34.1 Å². The van der Waals surface area contributed by atoms with Crippen molar-refractivity contribution in [1.29, 1.82) is 0 Å². The number of benzene rings is 1. The normalized spacial score (nSPS) is 23.1. The van der Waals surface area contributed by atoms with Crippen molar-refractivity contribution >= 4 is 21.8 Å². The molecule has 0 radical (unpaired) electrons. The summed E-state index contributed by atoms with van der Waals surface area (Å²) in [6.45, 7) is 3.08. The summed E-state index contributed by atoms with van der Waals surface area (Å²) in [5, 5.41) is 2.72. The van der Waals surface area contributed by atoms with E-state index in [2.05, 4.69) is 21.2 Å². The van der Waals surface area contributed by atoms with Crippen LogP contribution in [-0.2, 0) is 4.74 Å². The quantitative estimate of drug-likeness (QED) is 0.931. The molecule has 1 atom stereocenters. The van der Waals surface area contributed by atoms with Crippen LogP contribution in [0, 0.1) is 5.82 Å². The van der Waals surface area contributed by atoms with Gasteiger partial charge in [0.2, 0.25) is 0 Å². The molecule has 0 spiro atoms. The standard InChI is InChI=1S/C13H15BrFNO2/c1-13(5-2-6-18-13)8-16-12(17)10-4-3-9(14)7-11(10)15/h3-4,7H,2,5-6,8H2,1H3,(H,16,17). The minimum atomic E-state index is -0.528. The van der Waals surface area contributed by atoms with Gasteiger partial charge in [-0.05, 0) is 38.0 Å². The summed E-state index contributed by atoms with van der Waals surface area (Å²) in [7, 11) is 0. The molecule has 0 saturated carbocycles. The van der Waals surface area contributed by atoms with Crippen molar-refractivity contribution in [3.8, 4) is 0 Å². The van der Waals surface area contributed by atoms with E-state index in [1.165, 1.54) is 12.1 Å². The Balaban J connectivity index is 1.99. The molecule has 1 fully saturated rings. The first-order valence-corrected chi connectivity index (χ1v) is 6.67. The highest BCUT2D eigenvalue weighted by Gasteiger charge is 2.30. The predicted octanol–water partition coefficient (Wildman–Crippen LogP) is 2.89. The Morgan fingerprint density at radius 1 is 1.61 bits per heavy atom. The van der Waals surface area contributed by atoms with Gasteiger partial charge in [-0.2, -0.15) is 0 Å². The molecule has 1 aliphatic rings. The van der Waals surface area contributed by atoms with Gasteiger partial charge in [-0.25, -0.2) is 4.39 Å². The van der Waals surface area contributed by atoms with E-state index in [4.69, 9.17) is 4.74 Å². The van der Waals surface area contributed by atoms with Gasteiger partial charge in [0, 0.05) is 17.6 Å². The molecule has 3 nitrogen and oxygen atoms in total. The lowest BCUT2D eigenvalue weighted by Gasteiger charge is -2.23. The number of nitrogens with one attached hydrogen (secondary N) is 1. The van der Waals surface area contributed by atoms with Gasteiger partial charge in [0.1, 0.15) is 5.82 Å². The van der Waals surface area contributed by atoms with Crippen LogP contribution in [0.2, 0.25) is 0 Å². The van der Waals surface area contributed by atoms with Crippen LogP contribution in [-0.4, -0.2) is 24.7 Å². The second-order valence-corrected chi connectivity index (χ2v) is 5.62. The van der Waals surface area contributed by atoms with E-state index in [-0.39, 0.29) is 11.2 Å². The van der Waals surface area contributed by atoms with Gasteiger partial charge in [0.05, 0.1) is 11.2 Å². The largest absolute Gasteiger partial charge is 0.373 e. The predicted molar refractivity (Wildman–Crippen MR) is 70.0 cm³/mol. The summed E-state index contributed by atoms with van der Waals surface area (Å²) in [5.41, 5.74) is -0.263. The summed E-state index contributed by atoms with van der Waals surface area (Å²) in [6.07, 6.45) is 1.91. The molecule has 1 aromatic carbocycles. The highest BCUT2D eigenvalue weighted by Crippen LogP contribution is 2.24. The van der Waals surface area contributed by atoms with Gasteiger partial charge < -0.3 is 10.1 Å². The molecule has 1 unspecified atom stereocenters. The summed E-state index contributed by atoms with van der Waals surface area (Å²) in [6, 6.07) is 4.39. The number of ether oxygens (including phenoxy) is 1. The van der Waals surface area contributed by atoms with E-state index >= 15 is 0 Å². The Labute approximate surface area is 114 Å². The smallest absolute Gasteiger partial charge is 0.254 e. The third-order valence-corrected chi connectivity index (χ3v) is 3.59. The summed E-state index contributed by atoms with van der Waals surface area (Å²) < 4.78 is 19.7. The fourth-order valence-electron chi connectivity index (χ4n) is 2.01. The Morgan fingerprint density at radius 3 is 3.00 bits per heavy atom. The summed E-state index contributed by atoms with van der Waals surface area (Å²) in [4.78, 5) is 11.9. The van der Waals surface area contributed by atoms with Crippen LogP contribution in [0.1, 0.15) is 30.1 Å². The van der Waals surface area contributed by atoms with E-state index in [0.29, 0.717) is 11.0 Å². The fraction of sp³-hybridized carbons (Fsp3) is 0.462. The van der Waals surface area contributed by atoms with Gasteiger partial charge in [0.15, 0.2) is 0 Å². The van der Waals surface area contributed by atoms with Gasteiger partial charge in [0.25, 0.3) is 5.91 Å². The lowest BCUT2D eigenvalue weighted by molar-refractivity contribution is 0.0205. The number of carbonyl (C=O) groups excluding carboxylic acids is 1. The second kappa shape index (κ2) is 5.36. The Hall–Kier alpha value is -0.940. The van der Waals surface area contributed by atoms with Crippen LogP contribution in [0.4, 0.5) is 4.39 Å². The van der Waals surface area contributed by atoms with E-state index in [0.717, 1.165) is 19.4 Å². The average Bonchev–Trinajstić information content (AvgIpc) is 2.74. The molecule has 1 saturated heterocycles. The first kappa shape index (κ1) is 13.5. The Morgan fingerprint density at radius 2 is 2.39 bits per heavy atom. The van der Waals surface area contributed by atoms with E-state index in [1.807, 2.05) is 6.92 Å². The third-order valence-electron chi connectivity index (χ3n) is 3.10. The molecule has 1 amide bonds. The first-order valence-electron chi connectivity index (χ1n) is 5.87. The maximum Gasteiger partial charge on any atom is 0.254 e. The van der Waals surface area contributed by atoms with Crippen LogP contribution in [0.15, 0.2) is 22.7 Å². The molecule has 1 aromatic rings. The number of rotatable bonds is 3. The molecule has 18 heavy (non-hydrogen) atoms. The SMILES string of the molecule is CC1(CNC(=O)c2ccc(Br)cc2F)CCCO1. The molecule has 0 bridgehead atoms. The number of hydrogen-bond acceptors (Lipinski definition) is 2. The first-order chi connectivity index (χ1) is 8.50. The minimum Gasteiger partial charge on any atom is -0.373 e. The van der Waals surface area contributed by atoms with E-state index in [9.17, 15) is 9.18 Å². The maximum atomic E-state index is 13.6. The zero-order chi connectivity index (χ0) is 13.2. The van der Waals surface area contributed by atoms with Crippen LogP contribution >= 0.6 is 15.9 Å². The zero-order valence-electron chi connectivity index (χ0n) is 10.1. The van der Waals surface area contributed by atoms with Crippen molar-refractivity contribution in [3.63, 3.8) is 0 Å². The van der Waals surface area contributed by atoms with Crippen LogP contribution < -0.4 is 5.32 Å². The van der Waals surface area contributed by atoms with Crippen LogP contribution in [0.5, 0.6) is 0 Å². The highest BCUT2D eigenvalue weighted by molar-refractivity contribution is 9.10. The Bertz CT molecular complexity index is 458. The fourth-order valence-corrected chi connectivity index (χ4v) is 2.35. The third kappa shape index (κ3) is 3.09. The molecule has 0 aromatic heterocycles. The lowest BCUT2D eigenvalue weighted by Crippen LogP contribution is -2.40. The Kier molecular flexibility index (Phi) is 4.02. The maximum absolute atomic E-state index is 13.6. The molecule has 1 aliphatic heterocycles. The average molecular weight is 316 g/mol. The van der Waals surface area contributed by atoms with Crippen LogP contribution in [0.3, 0.4) is 0 Å². The van der Waals surface area contributed by atoms with Crippen LogP contribution in [0.25, 0.3) is 0 Å². The number of carbonyl (C=O) groups is 1. The monoisotopic (exact) mass is 315 g/mol. The summed E-state index contributed by atoms with van der Waals surface area (Å²) >= 11 is 3.16. The lowest BCUT2D eigenvalue weighted by atomic mass is 10.0. The molecule has 2 rings (SSSR count). The molecule has 5 heteroatoms. The van der Waals surface area contributed by atoms with Gasteiger partial charge in [-0.1, -0.05) is 15.9 Å². The molecular weight excluding hydrogens is 301 g/mol. The van der Waals surface area contributed by atoms with Gasteiger partial charge >= 0.3 is 0 Å². The second-order valence-electron chi connectivity index (χ2n) is 4.71. The van der Waals surface area contributed by atoms with E-state index in [1.54, 1.807) is 6.07 Å². The number of amides is 1. The highest BCUT2D eigenvalue weighted by atomic mass is 79.9. The zero-order valence-corrected chi connectivity index (χ0v) is 11.7. The topological polar surface area (TPSA) is 38.3 Å². The number of hydrogen-bond donors (Lipinski definition) is 1. The summed E-state index contributed by atoms with van der Waals surface area (Å²) in [5.74, 6) is -0.934. The molecule has 1 N–H and O–H groups in total. The molecular formula is C13H15BrFNO2. The molecule has 0 aliphatic carbocycles. The van der Waals surface area contributed by atoms with Crippen molar-refractivity contribution in [2.45, 2.75) is 25.4 Å². The van der Waals surface area contributed by atoms with Crippen molar-refractivity contribution in [1.82, 2.24) is 5.32 Å². The number of halogens is 2. The van der Waals surface area contributed by atoms with E-state index < -0.39 is 11.7 Å². The minimum absolute atomic E-state index is 0.0554. The van der Waals surface area contributed by atoms with Crippen molar-refractivity contribution < 1.29 is 13.9 Å². The molecule has 1 heterocycles. The molecule has 98 valence electrons. The van der Waals surface area contributed by atoms with Crippen molar-refractivity contribution in [2.75, 3.05) is 13.2 Å².